The molecule has 0 aromatic carbocycles. The van der Waals surface area contributed by atoms with Gasteiger partial charge in [-0.15, -0.1) is 0 Å². The SMILES string of the molecule is COc1nccnc1N(C)CC1CCN(C(=O)c2c(C)noc2C)CC1. The lowest BCUT2D eigenvalue weighted by molar-refractivity contribution is 0.0690. The predicted octanol–water partition coefficient (Wildman–Crippen LogP) is 2.08. The van der Waals surface area contributed by atoms with Crippen molar-refractivity contribution in [3.05, 3.63) is 29.4 Å². The molecule has 3 heterocycles. The first-order valence-electron chi connectivity index (χ1n) is 8.79. The number of hydrogen-bond acceptors (Lipinski definition) is 7. The van der Waals surface area contributed by atoms with E-state index in [0.29, 0.717) is 28.8 Å². The van der Waals surface area contributed by atoms with Crippen LogP contribution in [-0.2, 0) is 0 Å². The van der Waals surface area contributed by atoms with Crippen LogP contribution in [0.5, 0.6) is 5.88 Å². The largest absolute Gasteiger partial charge is 0.478 e. The van der Waals surface area contributed by atoms with Crippen molar-refractivity contribution in [2.75, 3.05) is 38.7 Å². The van der Waals surface area contributed by atoms with Crippen LogP contribution in [0.4, 0.5) is 5.82 Å². The van der Waals surface area contributed by atoms with Crippen molar-refractivity contribution in [1.82, 2.24) is 20.0 Å². The number of rotatable bonds is 5. The molecule has 1 fully saturated rings. The van der Waals surface area contributed by atoms with Crippen LogP contribution in [0.1, 0.15) is 34.7 Å². The fraction of sp³-hybridized carbons (Fsp3) is 0.556. The van der Waals surface area contributed by atoms with E-state index in [1.165, 1.54) is 0 Å². The molecule has 0 saturated carbocycles. The summed E-state index contributed by atoms with van der Waals surface area (Å²) in [4.78, 5) is 25.2. The van der Waals surface area contributed by atoms with Crippen molar-refractivity contribution in [1.29, 1.82) is 0 Å². The van der Waals surface area contributed by atoms with Crippen LogP contribution in [0.15, 0.2) is 16.9 Å². The number of carbonyl (C=O) groups excluding carboxylic acids is 1. The normalized spacial score (nSPS) is 15.2. The molecule has 8 nitrogen and oxygen atoms in total. The number of aryl methyl sites for hydroxylation is 2. The molecule has 0 aliphatic carbocycles. The minimum Gasteiger partial charge on any atom is -0.478 e. The van der Waals surface area contributed by atoms with E-state index >= 15 is 0 Å². The lowest BCUT2D eigenvalue weighted by atomic mass is 9.95. The Morgan fingerprint density at radius 2 is 2.00 bits per heavy atom. The summed E-state index contributed by atoms with van der Waals surface area (Å²) in [7, 11) is 3.59. The van der Waals surface area contributed by atoms with Gasteiger partial charge in [-0.25, -0.2) is 9.97 Å². The maximum Gasteiger partial charge on any atom is 0.259 e. The van der Waals surface area contributed by atoms with E-state index in [2.05, 4.69) is 20.0 Å². The third-order valence-electron chi connectivity index (χ3n) is 4.88. The Kier molecular flexibility index (Phi) is 5.39. The number of ether oxygens (including phenoxy) is 1. The van der Waals surface area contributed by atoms with Crippen LogP contribution in [0.2, 0.25) is 0 Å². The van der Waals surface area contributed by atoms with Crippen molar-refractivity contribution in [3.8, 4) is 5.88 Å². The number of anilines is 1. The summed E-state index contributed by atoms with van der Waals surface area (Å²) < 4.78 is 10.4. The van der Waals surface area contributed by atoms with Crippen LogP contribution in [-0.4, -0.2) is 59.7 Å². The highest BCUT2D eigenvalue weighted by atomic mass is 16.5. The van der Waals surface area contributed by atoms with Crippen LogP contribution in [0, 0.1) is 19.8 Å². The summed E-state index contributed by atoms with van der Waals surface area (Å²) in [5.41, 5.74) is 1.26. The van der Waals surface area contributed by atoms with Gasteiger partial charge in [0, 0.05) is 39.1 Å². The fourth-order valence-electron chi connectivity index (χ4n) is 3.46. The molecule has 140 valence electrons. The summed E-state index contributed by atoms with van der Waals surface area (Å²) >= 11 is 0. The predicted molar refractivity (Wildman–Crippen MR) is 96.5 cm³/mol. The zero-order valence-electron chi connectivity index (χ0n) is 15.7. The molecule has 0 unspecified atom stereocenters. The van der Waals surface area contributed by atoms with Crippen molar-refractivity contribution < 1.29 is 14.1 Å². The quantitative estimate of drug-likeness (QED) is 0.808. The average molecular weight is 359 g/mol. The molecule has 1 saturated heterocycles. The van der Waals surface area contributed by atoms with Crippen molar-refractivity contribution >= 4 is 11.7 Å². The van der Waals surface area contributed by atoms with Crippen LogP contribution in [0.25, 0.3) is 0 Å². The molecule has 1 aliphatic rings. The van der Waals surface area contributed by atoms with Crippen molar-refractivity contribution in [3.63, 3.8) is 0 Å². The highest BCUT2D eigenvalue weighted by molar-refractivity contribution is 5.96. The molecule has 0 bridgehead atoms. The third kappa shape index (κ3) is 3.63. The zero-order valence-corrected chi connectivity index (χ0v) is 15.7. The molecule has 26 heavy (non-hydrogen) atoms. The van der Waals surface area contributed by atoms with Gasteiger partial charge in [-0.05, 0) is 32.6 Å². The number of likely N-dealkylation sites (tertiary alicyclic amines) is 1. The molecular formula is C18H25N5O3. The highest BCUT2D eigenvalue weighted by Crippen LogP contribution is 2.26. The zero-order chi connectivity index (χ0) is 18.7. The average Bonchev–Trinajstić information content (AvgIpc) is 3.00. The van der Waals surface area contributed by atoms with E-state index in [1.54, 1.807) is 33.4 Å². The van der Waals surface area contributed by atoms with Gasteiger partial charge in [0.05, 0.1) is 12.8 Å². The van der Waals surface area contributed by atoms with Gasteiger partial charge in [-0.1, -0.05) is 5.16 Å². The van der Waals surface area contributed by atoms with Gasteiger partial charge >= 0.3 is 0 Å². The van der Waals surface area contributed by atoms with Gasteiger partial charge in [0.15, 0.2) is 5.82 Å². The summed E-state index contributed by atoms with van der Waals surface area (Å²) in [5, 5.41) is 3.88. The van der Waals surface area contributed by atoms with Crippen LogP contribution >= 0.6 is 0 Å². The number of methoxy groups -OCH3 is 1. The number of aromatic nitrogens is 3. The third-order valence-corrected chi connectivity index (χ3v) is 4.88. The smallest absolute Gasteiger partial charge is 0.259 e. The Hall–Kier alpha value is -2.64. The van der Waals surface area contributed by atoms with Gasteiger partial charge in [0.25, 0.3) is 11.8 Å². The summed E-state index contributed by atoms with van der Waals surface area (Å²) in [6, 6.07) is 0. The number of amides is 1. The first-order valence-corrected chi connectivity index (χ1v) is 8.79. The number of nitrogens with zero attached hydrogens (tertiary/aromatic N) is 5. The van der Waals surface area contributed by atoms with E-state index in [0.717, 1.165) is 38.3 Å². The van der Waals surface area contributed by atoms with Crippen LogP contribution in [0.3, 0.4) is 0 Å². The first-order chi connectivity index (χ1) is 12.5. The van der Waals surface area contributed by atoms with E-state index in [9.17, 15) is 4.79 Å². The van der Waals surface area contributed by atoms with Crippen molar-refractivity contribution in [2.24, 2.45) is 5.92 Å². The number of hydrogen-bond donors (Lipinski definition) is 0. The second-order valence-electron chi connectivity index (χ2n) is 6.70. The fourth-order valence-corrected chi connectivity index (χ4v) is 3.46. The summed E-state index contributed by atoms with van der Waals surface area (Å²) in [5.74, 6) is 2.36. The second-order valence-corrected chi connectivity index (χ2v) is 6.70. The van der Waals surface area contributed by atoms with Gasteiger partial charge in [-0.3, -0.25) is 4.79 Å². The summed E-state index contributed by atoms with van der Waals surface area (Å²) in [6.07, 6.45) is 5.18. The Morgan fingerprint density at radius 1 is 1.31 bits per heavy atom. The monoisotopic (exact) mass is 359 g/mol. The van der Waals surface area contributed by atoms with Gasteiger partial charge in [0.1, 0.15) is 11.3 Å². The molecule has 2 aromatic heterocycles. The van der Waals surface area contributed by atoms with Gasteiger partial charge in [0.2, 0.25) is 0 Å². The first kappa shape index (κ1) is 18.2. The maximum absolute atomic E-state index is 12.7. The van der Waals surface area contributed by atoms with E-state index < -0.39 is 0 Å². The Morgan fingerprint density at radius 3 is 2.62 bits per heavy atom. The molecular weight excluding hydrogens is 334 g/mol. The van der Waals surface area contributed by atoms with Crippen LogP contribution < -0.4 is 9.64 Å². The molecule has 3 rings (SSSR count). The molecule has 0 spiro atoms. The second kappa shape index (κ2) is 7.72. The Balaban J connectivity index is 1.58. The Bertz CT molecular complexity index is 748. The number of piperidine rings is 1. The van der Waals surface area contributed by atoms with E-state index in [-0.39, 0.29) is 5.91 Å². The molecule has 0 N–H and O–H groups in total. The van der Waals surface area contributed by atoms with E-state index in [4.69, 9.17) is 9.26 Å². The lowest BCUT2D eigenvalue weighted by Crippen LogP contribution is -2.41. The number of carbonyl (C=O) groups is 1. The standard InChI is InChI=1S/C18H25N5O3/c1-12-15(13(2)26-21-12)18(24)23-9-5-14(6-10-23)11-22(3)16-17(25-4)20-8-7-19-16/h7-8,14H,5-6,9-11H2,1-4H3. The molecule has 0 radical (unpaired) electrons. The van der Waals surface area contributed by atoms with Gasteiger partial charge < -0.3 is 19.1 Å². The van der Waals surface area contributed by atoms with Crippen molar-refractivity contribution in [2.45, 2.75) is 26.7 Å². The van der Waals surface area contributed by atoms with Gasteiger partial charge in [-0.2, -0.15) is 0 Å². The minimum absolute atomic E-state index is 0.0173. The minimum atomic E-state index is 0.0173. The molecule has 2 aromatic rings. The Labute approximate surface area is 153 Å². The summed E-state index contributed by atoms with van der Waals surface area (Å²) in [6.45, 7) is 5.91. The maximum atomic E-state index is 12.7. The molecule has 8 heteroatoms. The van der Waals surface area contributed by atoms with E-state index in [1.807, 2.05) is 11.9 Å². The molecule has 1 amide bonds. The lowest BCUT2D eigenvalue weighted by Gasteiger charge is -2.34. The molecule has 1 aliphatic heterocycles. The highest BCUT2D eigenvalue weighted by Gasteiger charge is 2.28. The molecule has 0 atom stereocenters. The topological polar surface area (TPSA) is 84.6 Å².